The summed E-state index contributed by atoms with van der Waals surface area (Å²) in [5.41, 5.74) is 0. The molecule has 0 radical (unpaired) electrons. The van der Waals surface area contributed by atoms with Crippen molar-refractivity contribution in [1.82, 2.24) is 4.90 Å². The minimum atomic E-state index is -0.265. The van der Waals surface area contributed by atoms with Gasteiger partial charge in [0, 0.05) is 7.05 Å². The summed E-state index contributed by atoms with van der Waals surface area (Å²) in [6.07, 6.45) is 6.59. The summed E-state index contributed by atoms with van der Waals surface area (Å²) in [6, 6.07) is 3.58. The predicted octanol–water partition coefficient (Wildman–Crippen LogP) is 2.50. The zero-order valence-corrected chi connectivity index (χ0v) is 9.36. The molecule has 0 aliphatic carbocycles. The van der Waals surface area contributed by atoms with Crippen LogP contribution in [0.1, 0.15) is 5.76 Å². The second-order valence-electron chi connectivity index (χ2n) is 3.14. The van der Waals surface area contributed by atoms with Crippen molar-refractivity contribution in [2.75, 3.05) is 7.05 Å². The van der Waals surface area contributed by atoms with E-state index in [4.69, 9.17) is 4.42 Å². The molecule has 0 saturated carbocycles. The number of rotatable bonds is 2. The van der Waals surface area contributed by atoms with Gasteiger partial charge in [-0.1, -0.05) is 6.08 Å². The molecular formula is C11H9NO3S. The monoisotopic (exact) mass is 235 g/mol. The Morgan fingerprint density at radius 2 is 2.25 bits per heavy atom. The van der Waals surface area contributed by atoms with Gasteiger partial charge >= 0.3 is 0 Å². The molecule has 5 heteroatoms. The number of furan rings is 1. The molecule has 0 atom stereocenters. The number of imide groups is 1. The number of nitrogens with zero attached hydrogens (tertiary/aromatic N) is 1. The zero-order chi connectivity index (χ0) is 11.5. The van der Waals surface area contributed by atoms with Crippen molar-refractivity contribution in [1.29, 1.82) is 0 Å². The van der Waals surface area contributed by atoms with Gasteiger partial charge in [-0.2, -0.15) is 0 Å². The molecule has 0 spiro atoms. The summed E-state index contributed by atoms with van der Waals surface area (Å²) in [6.45, 7) is 0. The summed E-state index contributed by atoms with van der Waals surface area (Å²) in [5.74, 6) is 0.436. The van der Waals surface area contributed by atoms with E-state index in [9.17, 15) is 9.59 Å². The molecule has 82 valence electrons. The highest BCUT2D eigenvalue weighted by Gasteiger charge is 2.31. The maximum absolute atomic E-state index is 11.5. The molecule has 4 nitrogen and oxygen atoms in total. The topological polar surface area (TPSA) is 50.5 Å². The fraction of sp³-hybridized carbons (Fsp3) is 0.0909. The first-order chi connectivity index (χ1) is 7.68. The van der Waals surface area contributed by atoms with Crippen LogP contribution in [0.5, 0.6) is 0 Å². The minimum absolute atomic E-state index is 0.248. The summed E-state index contributed by atoms with van der Waals surface area (Å²) in [7, 11) is 1.47. The van der Waals surface area contributed by atoms with Crippen LogP contribution in [0.3, 0.4) is 0 Å². The lowest BCUT2D eigenvalue weighted by atomic mass is 10.3. The van der Waals surface area contributed by atoms with E-state index in [1.54, 1.807) is 36.6 Å². The van der Waals surface area contributed by atoms with Crippen LogP contribution >= 0.6 is 11.8 Å². The van der Waals surface area contributed by atoms with Gasteiger partial charge in [-0.3, -0.25) is 14.5 Å². The molecule has 2 heterocycles. The maximum atomic E-state index is 11.5. The number of allylic oxidation sites excluding steroid dienone is 2. The third-order valence-electron chi connectivity index (χ3n) is 2.04. The third-order valence-corrected chi connectivity index (χ3v) is 3.02. The largest absolute Gasteiger partial charge is 0.465 e. The fourth-order valence-corrected chi connectivity index (χ4v) is 1.95. The molecule has 0 bridgehead atoms. The van der Waals surface area contributed by atoms with Gasteiger partial charge in [0.15, 0.2) is 0 Å². The first-order valence-electron chi connectivity index (χ1n) is 4.60. The van der Waals surface area contributed by atoms with Crippen LogP contribution in [-0.4, -0.2) is 23.1 Å². The van der Waals surface area contributed by atoms with Crippen LogP contribution in [-0.2, 0) is 4.79 Å². The number of thioether (sulfide) groups is 1. The normalized spacial score (nSPS) is 19.3. The van der Waals surface area contributed by atoms with Crippen molar-refractivity contribution in [2.24, 2.45) is 0 Å². The molecule has 1 fully saturated rings. The molecule has 0 unspecified atom stereocenters. The van der Waals surface area contributed by atoms with Crippen LogP contribution < -0.4 is 0 Å². The molecule has 16 heavy (non-hydrogen) atoms. The Morgan fingerprint density at radius 1 is 1.44 bits per heavy atom. The van der Waals surface area contributed by atoms with Gasteiger partial charge in [-0.25, -0.2) is 0 Å². The Bertz CT molecular complexity index is 473. The van der Waals surface area contributed by atoms with E-state index >= 15 is 0 Å². The fourth-order valence-electron chi connectivity index (χ4n) is 1.18. The SMILES string of the molecule is CN1C(=O)S/C(=C\C=C\c2ccco2)C1=O. The standard InChI is InChI=1S/C11H9NO3S/c1-12-10(13)9(16-11(12)14)6-2-4-8-5-3-7-15-8/h2-7H,1H3/b4-2+,9-6-. The first kappa shape index (κ1) is 10.8. The Kier molecular flexibility index (Phi) is 2.96. The van der Waals surface area contributed by atoms with Crippen molar-refractivity contribution in [2.45, 2.75) is 0 Å². The van der Waals surface area contributed by atoms with Crippen molar-refractivity contribution in [3.63, 3.8) is 0 Å². The van der Waals surface area contributed by atoms with Crippen molar-refractivity contribution in [3.8, 4) is 0 Å². The van der Waals surface area contributed by atoms with E-state index in [-0.39, 0.29) is 11.1 Å². The van der Waals surface area contributed by atoms with E-state index in [0.29, 0.717) is 10.7 Å². The van der Waals surface area contributed by atoms with Gasteiger partial charge < -0.3 is 4.42 Å². The van der Waals surface area contributed by atoms with Crippen LogP contribution in [0, 0.1) is 0 Å². The van der Waals surface area contributed by atoms with Crippen LogP contribution in [0.2, 0.25) is 0 Å². The van der Waals surface area contributed by atoms with Gasteiger partial charge in [-0.05, 0) is 36.0 Å². The van der Waals surface area contributed by atoms with Gasteiger partial charge in [0.2, 0.25) is 0 Å². The molecule has 2 rings (SSSR count). The molecule has 1 saturated heterocycles. The van der Waals surface area contributed by atoms with E-state index in [0.717, 1.165) is 16.7 Å². The molecule has 0 aromatic carbocycles. The second kappa shape index (κ2) is 4.40. The Hall–Kier alpha value is -1.75. The lowest BCUT2D eigenvalue weighted by Crippen LogP contribution is -2.22. The Morgan fingerprint density at radius 3 is 2.81 bits per heavy atom. The Labute approximate surface area is 96.6 Å². The van der Waals surface area contributed by atoms with Gasteiger partial charge in [0.25, 0.3) is 11.1 Å². The summed E-state index contributed by atoms with van der Waals surface area (Å²) in [5, 5.41) is -0.248. The summed E-state index contributed by atoms with van der Waals surface area (Å²) >= 11 is 0.936. The molecule has 0 N–H and O–H groups in total. The number of hydrogen-bond acceptors (Lipinski definition) is 4. The Balaban J connectivity index is 2.09. The van der Waals surface area contributed by atoms with Crippen molar-refractivity contribution >= 4 is 29.0 Å². The number of carbonyl (C=O) groups is 2. The quantitative estimate of drug-likeness (QED) is 0.739. The van der Waals surface area contributed by atoms with E-state index < -0.39 is 0 Å². The highest BCUT2D eigenvalue weighted by atomic mass is 32.2. The van der Waals surface area contributed by atoms with E-state index in [1.807, 2.05) is 0 Å². The molecule has 1 aromatic heterocycles. The van der Waals surface area contributed by atoms with Crippen molar-refractivity contribution < 1.29 is 14.0 Å². The molecule has 2 amide bonds. The number of hydrogen-bond donors (Lipinski definition) is 0. The number of likely N-dealkylation sites (N-methyl/N-ethyl adjacent to an activating group) is 1. The molecule has 1 aromatic rings. The average molecular weight is 235 g/mol. The minimum Gasteiger partial charge on any atom is -0.465 e. The second-order valence-corrected chi connectivity index (χ2v) is 4.13. The smallest absolute Gasteiger partial charge is 0.293 e. The van der Waals surface area contributed by atoms with Gasteiger partial charge in [0.1, 0.15) is 5.76 Å². The van der Waals surface area contributed by atoms with Gasteiger partial charge in [-0.15, -0.1) is 0 Å². The predicted molar refractivity (Wildman–Crippen MR) is 61.6 cm³/mol. The lowest BCUT2D eigenvalue weighted by molar-refractivity contribution is -0.121. The van der Waals surface area contributed by atoms with E-state index in [1.165, 1.54) is 7.05 Å². The van der Waals surface area contributed by atoms with Crippen LogP contribution in [0.25, 0.3) is 6.08 Å². The summed E-state index contributed by atoms with van der Waals surface area (Å²) < 4.78 is 5.08. The average Bonchev–Trinajstić information content (AvgIpc) is 2.85. The molecule has 1 aliphatic rings. The van der Waals surface area contributed by atoms with Crippen molar-refractivity contribution in [3.05, 3.63) is 41.2 Å². The third kappa shape index (κ3) is 2.09. The highest BCUT2D eigenvalue weighted by Crippen LogP contribution is 2.29. The van der Waals surface area contributed by atoms with E-state index in [2.05, 4.69) is 0 Å². The molecular weight excluding hydrogens is 226 g/mol. The summed E-state index contributed by atoms with van der Waals surface area (Å²) in [4.78, 5) is 24.2. The van der Waals surface area contributed by atoms with Crippen LogP contribution in [0.4, 0.5) is 4.79 Å². The number of carbonyl (C=O) groups excluding carboxylic acids is 2. The van der Waals surface area contributed by atoms with Crippen LogP contribution in [0.15, 0.2) is 39.9 Å². The molecule has 1 aliphatic heterocycles. The number of amides is 2. The van der Waals surface area contributed by atoms with Gasteiger partial charge in [0.05, 0.1) is 11.2 Å². The highest BCUT2D eigenvalue weighted by molar-refractivity contribution is 8.18. The maximum Gasteiger partial charge on any atom is 0.293 e. The first-order valence-corrected chi connectivity index (χ1v) is 5.42. The lowest BCUT2D eigenvalue weighted by Gasteiger charge is -2.00. The zero-order valence-electron chi connectivity index (χ0n) is 8.54.